The van der Waals surface area contributed by atoms with Gasteiger partial charge in [0.2, 0.25) is 0 Å². The second kappa shape index (κ2) is 5.83. The van der Waals surface area contributed by atoms with Crippen molar-refractivity contribution in [2.45, 2.75) is 31.3 Å². The van der Waals surface area contributed by atoms with Crippen molar-refractivity contribution in [2.75, 3.05) is 12.3 Å². The van der Waals surface area contributed by atoms with E-state index in [2.05, 4.69) is 19.2 Å². The highest BCUT2D eigenvalue weighted by atomic mass is 32.2. The average molecular weight is 297 g/mol. The Hall–Kier alpha value is -1.56. The molecule has 0 aliphatic carbocycles. The fraction of sp³-hybridized carbons (Fsp3) is 0.500. The van der Waals surface area contributed by atoms with Crippen LogP contribution in [0.1, 0.15) is 20.3 Å². The summed E-state index contributed by atoms with van der Waals surface area (Å²) in [5.74, 6) is 0.0517. The zero-order valence-electron chi connectivity index (χ0n) is 11.6. The van der Waals surface area contributed by atoms with Crippen LogP contribution in [0.3, 0.4) is 0 Å². The van der Waals surface area contributed by atoms with E-state index < -0.39 is 15.9 Å². The summed E-state index contributed by atoms with van der Waals surface area (Å²) in [4.78, 5) is 12.1. The Labute approximate surface area is 119 Å². The maximum atomic E-state index is 12.1. The van der Waals surface area contributed by atoms with Crippen LogP contribution in [0.5, 0.6) is 5.75 Å². The predicted molar refractivity (Wildman–Crippen MR) is 75.4 cm³/mol. The van der Waals surface area contributed by atoms with Crippen molar-refractivity contribution in [1.29, 1.82) is 0 Å². The largest absolute Gasteiger partial charge is 0.478 e. The van der Waals surface area contributed by atoms with Crippen LogP contribution >= 0.6 is 0 Å². The van der Waals surface area contributed by atoms with Gasteiger partial charge in [-0.2, -0.15) is 0 Å². The summed E-state index contributed by atoms with van der Waals surface area (Å²) in [6, 6.07) is 6.40. The van der Waals surface area contributed by atoms with Crippen LogP contribution in [0.25, 0.3) is 0 Å². The van der Waals surface area contributed by atoms with Crippen LogP contribution in [0.2, 0.25) is 0 Å². The Morgan fingerprint density at radius 2 is 2.10 bits per heavy atom. The molecule has 6 heteroatoms. The lowest BCUT2D eigenvalue weighted by molar-refractivity contribution is -0.127. The van der Waals surface area contributed by atoms with Crippen LogP contribution in [0, 0.1) is 5.92 Å². The molecule has 1 aliphatic heterocycles. The molecule has 5 nitrogen and oxygen atoms in total. The normalized spacial score (nSPS) is 20.1. The third kappa shape index (κ3) is 3.30. The van der Waals surface area contributed by atoms with Crippen LogP contribution in [-0.2, 0) is 14.6 Å². The van der Waals surface area contributed by atoms with Crippen molar-refractivity contribution in [3.05, 3.63) is 24.3 Å². The van der Waals surface area contributed by atoms with E-state index in [-0.39, 0.29) is 22.3 Å². The second-order valence-corrected chi connectivity index (χ2v) is 7.31. The van der Waals surface area contributed by atoms with Gasteiger partial charge in [0.1, 0.15) is 16.4 Å². The van der Waals surface area contributed by atoms with Gasteiger partial charge >= 0.3 is 0 Å². The highest BCUT2D eigenvalue weighted by Gasteiger charge is 2.35. The summed E-state index contributed by atoms with van der Waals surface area (Å²) in [7, 11) is -3.46. The lowest BCUT2D eigenvalue weighted by atomic mass is 10.1. The number of para-hydroxylation sites is 1. The summed E-state index contributed by atoms with van der Waals surface area (Å²) in [5.41, 5.74) is 0. The minimum atomic E-state index is -3.46. The molecule has 0 saturated carbocycles. The van der Waals surface area contributed by atoms with E-state index in [9.17, 15) is 13.2 Å². The number of hydrogen-bond donors (Lipinski definition) is 1. The fourth-order valence-corrected chi connectivity index (χ4v) is 3.51. The predicted octanol–water partition coefficient (Wildman–Crippen LogP) is 1.38. The van der Waals surface area contributed by atoms with Crippen LogP contribution in [0.15, 0.2) is 29.2 Å². The standard InChI is InChI=1S/C14H19NO4S/c1-10(2)7-8-15-14(16)12-9-20(17,18)13-6-4-3-5-11(13)19-12/h3-6,10,12H,7-9H2,1-2H3,(H,15,16). The molecule has 1 unspecified atom stereocenters. The van der Waals surface area contributed by atoms with E-state index in [1.54, 1.807) is 18.2 Å². The number of carbonyl (C=O) groups excluding carboxylic acids is 1. The molecule has 0 bridgehead atoms. The second-order valence-electron chi connectivity index (χ2n) is 5.31. The Morgan fingerprint density at radius 1 is 1.40 bits per heavy atom. The van der Waals surface area contributed by atoms with Gasteiger partial charge in [-0.3, -0.25) is 4.79 Å². The number of amides is 1. The smallest absolute Gasteiger partial charge is 0.262 e. The van der Waals surface area contributed by atoms with E-state index in [0.29, 0.717) is 12.5 Å². The first-order valence-corrected chi connectivity index (χ1v) is 8.31. The molecular weight excluding hydrogens is 278 g/mol. The molecule has 20 heavy (non-hydrogen) atoms. The van der Waals surface area contributed by atoms with Crippen LogP contribution < -0.4 is 10.1 Å². The first-order valence-electron chi connectivity index (χ1n) is 6.66. The Balaban J connectivity index is 2.08. The van der Waals surface area contributed by atoms with Gasteiger partial charge in [0.05, 0.1) is 0 Å². The molecular formula is C14H19NO4S. The monoisotopic (exact) mass is 297 g/mol. The molecule has 1 N–H and O–H groups in total. The number of sulfone groups is 1. The first-order chi connectivity index (χ1) is 9.40. The van der Waals surface area contributed by atoms with Crippen LogP contribution in [-0.4, -0.2) is 32.7 Å². The number of fused-ring (bicyclic) bond motifs is 1. The molecule has 0 fully saturated rings. The highest BCUT2D eigenvalue weighted by molar-refractivity contribution is 7.91. The number of rotatable bonds is 4. The molecule has 0 aromatic heterocycles. The van der Waals surface area contributed by atoms with Crippen molar-refractivity contribution < 1.29 is 17.9 Å². The van der Waals surface area contributed by atoms with Crippen LogP contribution in [0.4, 0.5) is 0 Å². The van der Waals surface area contributed by atoms with E-state index in [4.69, 9.17) is 4.74 Å². The molecule has 1 aliphatic rings. The number of hydrogen-bond acceptors (Lipinski definition) is 4. The van der Waals surface area contributed by atoms with Gasteiger partial charge in [-0.05, 0) is 24.5 Å². The Bertz CT molecular complexity index is 595. The van der Waals surface area contributed by atoms with Crippen molar-refractivity contribution in [3.8, 4) is 5.75 Å². The molecule has 1 atom stereocenters. The fourth-order valence-electron chi connectivity index (χ4n) is 2.01. The zero-order valence-corrected chi connectivity index (χ0v) is 12.4. The highest BCUT2D eigenvalue weighted by Crippen LogP contribution is 2.30. The summed E-state index contributed by atoms with van der Waals surface area (Å²) in [6.45, 7) is 4.64. The summed E-state index contributed by atoms with van der Waals surface area (Å²) < 4.78 is 29.7. The molecule has 110 valence electrons. The molecule has 1 aromatic rings. The quantitative estimate of drug-likeness (QED) is 0.911. The number of nitrogens with one attached hydrogen (secondary N) is 1. The molecule has 0 spiro atoms. The number of benzene rings is 1. The van der Waals surface area contributed by atoms with Crippen molar-refractivity contribution in [1.82, 2.24) is 5.32 Å². The molecule has 0 saturated heterocycles. The molecule has 0 radical (unpaired) electrons. The molecule has 1 heterocycles. The lowest BCUT2D eigenvalue weighted by Crippen LogP contribution is -2.45. The van der Waals surface area contributed by atoms with Gasteiger partial charge in [0.25, 0.3) is 5.91 Å². The van der Waals surface area contributed by atoms with Gasteiger partial charge < -0.3 is 10.1 Å². The van der Waals surface area contributed by atoms with Crippen molar-refractivity contribution in [3.63, 3.8) is 0 Å². The SMILES string of the molecule is CC(C)CCNC(=O)C1CS(=O)(=O)c2ccccc2O1. The summed E-state index contributed by atoms with van der Waals surface area (Å²) in [6.07, 6.45) is -0.121. The Morgan fingerprint density at radius 3 is 2.80 bits per heavy atom. The molecule has 1 aromatic carbocycles. The van der Waals surface area contributed by atoms with Gasteiger partial charge in [-0.15, -0.1) is 0 Å². The van der Waals surface area contributed by atoms with Crippen molar-refractivity contribution in [2.24, 2.45) is 5.92 Å². The van der Waals surface area contributed by atoms with Gasteiger partial charge in [-0.25, -0.2) is 8.42 Å². The zero-order chi connectivity index (χ0) is 14.8. The van der Waals surface area contributed by atoms with E-state index in [0.717, 1.165) is 6.42 Å². The third-order valence-corrected chi connectivity index (χ3v) is 4.89. The minimum Gasteiger partial charge on any atom is -0.478 e. The average Bonchev–Trinajstić information content (AvgIpc) is 2.37. The summed E-state index contributed by atoms with van der Waals surface area (Å²) in [5, 5.41) is 2.72. The van der Waals surface area contributed by atoms with E-state index in [1.807, 2.05) is 0 Å². The lowest BCUT2D eigenvalue weighted by Gasteiger charge is -2.25. The topological polar surface area (TPSA) is 72.5 Å². The summed E-state index contributed by atoms with van der Waals surface area (Å²) >= 11 is 0. The third-order valence-electron chi connectivity index (χ3n) is 3.14. The first kappa shape index (κ1) is 14.8. The minimum absolute atomic E-state index is 0.159. The molecule has 2 rings (SSSR count). The Kier molecular flexibility index (Phi) is 4.32. The van der Waals surface area contributed by atoms with E-state index in [1.165, 1.54) is 6.07 Å². The van der Waals surface area contributed by atoms with Gasteiger partial charge in [-0.1, -0.05) is 26.0 Å². The van der Waals surface area contributed by atoms with Gasteiger partial charge in [0.15, 0.2) is 15.9 Å². The maximum absolute atomic E-state index is 12.1. The maximum Gasteiger partial charge on any atom is 0.262 e. The van der Waals surface area contributed by atoms with Gasteiger partial charge in [0, 0.05) is 6.54 Å². The van der Waals surface area contributed by atoms with E-state index >= 15 is 0 Å². The number of ether oxygens (including phenoxy) is 1. The van der Waals surface area contributed by atoms with Crippen molar-refractivity contribution >= 4 is 15.7 Å². The molecule has 1 amide bonds. The number of carbonyl (C=O) groups is 1.